The molecule has 0 aromatic carbocycles. The fourth-order valence-corrected chi connectivity index (χ4v) is 2.44. The van der Waals surface area contributed by atoms with E-state index in [-0.39, 0.29) is 5.56 Å². The van der Waals surface area contributed by atoms with Crippen LogP contribution in [0.4, 0.5) is 0 Å². The lowest BCUT2D eigenvalue weighted by atomic mass is 9.89. The van der Waals surface area contributed by atoms with E-state index in [1.165, 1.54) is 36.8 Å². The largest absolute Gasteiger partial charge is 0.315 e. The Morgan fingerprint density at radius 1 is 1.35 bits per heavy atom. The summed E-state index contributed by atoms with van der Waals surface area (Å²) in [5, 5.41) is 7.46. The molecule has 4 nitrogen and oxygen atoms in total. The summed E-state index contributed by atoms with van der Waals surface area (Å²) in [6.45, 7) is 2.57. The van der Waals surface area contributed by atoms with Crippen molar-refractivity contribution in [2.75, 3.05) is 13.1 Å². The molecule has 1 aliphatic rings. The monoisotopic (exact) mass is 235 g/mol. The highest BCUT2D eigenvalue weighted by Crippen LogP contribution is 2.22. The number of rotatable bonds is 5. The molecule has 1 heterocycles. The van der Waals surface area contributed by atoms with Crippen molar-refractivity contribution >= 4 is 0 Å². The van der Waals surface area contributed by atoms with Crippen LogP contribution >= 0.6 is 0 Å². The van der Waals surface area contributed by atoms with Crippen molar-refractivity contribution in [2.24, 2.45) is 5.92 Å². The normalized spacial score (nSPS) is 17.2. The maximum atomic E-state index is 11.4. The summed E-state index contributed by atoms with van der Waals surface area (Å²) < 4.78 is 1.51. The lowest BCUT2D eigenvalue weighted by Crippen LogP contribution is -2.31. The molecule has 4 heteroatoms. The third-order valence-corrected chi connectivity index (χ3v) is 3.44. The zero-order valence-electron chi connectivity index (χ0n) is 10.3. The first-order valence-electron chi connectivity index (χ1n) is 6.59. The molecule has 1 N–H and O–H groups in total. The number of nitrogens with one attached hydrogen (secondary N) is 1. The summed E-state index contributed by atoms with van der Waals surface area (Å²) in [6.07, 6.45) is 8.54. The lowest BCUT2D eigenvalue weighted by molar-refractivity contribution is 0.339. The van der Waals surface area contributed by atoms with Crippen LogP contribution in [0.3, 0.4) is 0 Å². The number of nitrogens with zero attached hydrogens (tertiary/aromatic N) is 2. The fourth-order valence-electron chi connectivity index (χ4n) is 2.44. The fraction of sp³-hybridized carbons (Fsp3) is 0.692. The number of hydrogen-bond acceptors (Lipinski definition) is 3. The highest BCUT2D eigenvalue weighted by atomic mass is 16.1. The van der Waals surface area contributed by atoms with Gasteiger partial charge in [-0.25, -0.2) is 4.68 Å². The molecule has 0 bridgehead atoms. The van der Waals surface area contributed by atoms with Crippen molar-refractivity contribution in [1.82, 2.24) is 15.1 Å². The van der Waals surface area contributed by atoms with Crippen LogP contribution in [-0.2, 0) is 6.54 Å². The van der Waals surface area contributed by atoms with E-state index in [0.29, 0.717) is 6.54 Å². The van der Waals surface area contributed by atoms with E-state index in [2.05, 4.69) is 10.4 Å². The van der Waals surface area contributed by atoms with Crippen LogP contribution in [0.15, 0.2) is 23.1 Å². The molecule has 0 atom stereocenters. The molecule has 0 aliphatic heterocycles. The van der Waals surface area contributed by atoms with Gasteiger partial charge in [-0.2, -0.15) is 5.10 Å². The summed E-state index contributed by atoms with van der Waals surface area (Å²) in [5.74, 6) is 0.837. The van der Waals surface area contributed by atoms with Crippen molar-refractivity contribution < 1.29 is 0 Å². The first-order chi connectivity index (χ1) is 8.36. The Labute approximate surface area is 102 Å². The van der Waals surface area contributed by atoms with Gasteiger partial charge in [0, 0.05) is 18.8 Å². The van der Waals surface area contributed by atoms with E-state index in [4.69, 9.17) is 0 Å². The Morgan fingerprint density at radius 3 is 2.94 bits per heavy atom. The standard InChI is InChI=1S/C13H21N3O/c17-13-7-4-8-15-16(13)10-9-14-11-12-5-2-1-3-6-12/h4,7-8,12,14H,1-3,5-6,9-11H2. The van der Waals surface area contributed by atoms with Gasteiger partial charge in [-0.3, -0.25) is 4.79 Å². The molecule has 1 aromatic rings. The van der Waals surface area contributed by atoms with Crippen molar-refractivity contribution in [3.63, 3.8) is 0 Å². The van der Waals surface area contributed by atoms with Crippen molar-refractivity contribution in [2.45, 2.75) is 38.6 Å². The summed E-state index contributed by atoms with van der Waals surface area (Å²) in [6, 6.07) is 3.22. The van der Waals surface area contributed by atoms with Gasteiger partial charge in [-0.1, -0.05) is 19.3 Å². The van der Waals surface area contributed by atoms with Gasteiger partial charge >= 0.3 is 0 Å². The van der Waals surface area contributed by atoms with Crippen molar-refractivity contribution in [3.8, 4) is 0 Å². The van der Waals surface area contributed by atoms with Crippen LogP contribution in [0.5, 0.6) is 0 Å². The first-order valence-corrected chi connectivity index (χ1v) is 6.59. The molecule has 0 saturated heterocycles. The molecule has 0 amide bonds. The van der Waals surface area contributed by atoms with Crippen LogP contribution in [0.25, 0.3) is 0 Å². The third kappa shape index (κ3) is 3.97. The number of aromatic nitrogens is 2. The molecule has 1 aromatic heterocycles. The minimum atomic E-state index is -0.0213. The Morgan fingerprint density at radius 2 is 2.18 bits per heavy atom. The Kier molecular flexibility index (Phi) is 4.74. The van der Waals surface area contributed by atoms with Gasteiger partial charge in [-0.15, -0.1) is 0 Å². The van der Waals surface area contributed by atoms with E-state index in [1.54, 1.807) is 18.3 Å². The summed E-state index contributed by atoms with van der Waals surface area (Å²) in [4.78, 5) is 11.4. The average molecular weight is 235 g/mol. The predicted octanol–water partition coefficient (Wildman–Crippen LogP) is 1.41. The van der Waals surface area contributed by atoms with Crippen LogP contribution in [0.1, 0.15) is 32.1 Å². The van der Waals surface area contributed by atoms with E-state index in [1.807, 2.05) is 0 Å². The van der Waals surface area contributed by atoms with E-state index in [9.17, 15) is 4.79 Å². The molecule has 1 fully saturated rings. The highest BCUT2D eigenvalue weighted by molar-refractivity contribution is 4.84. The van der Waals surface area contributed by atoms with Crippen LogP contribution in [0.2, 0.25) is 0 Å². The zero-order chi connectivity index (χ0) is 11.9. The molecular weight excluding hydrogens is 214 g/mol. The van der Waals surface area contributed by atoms with Gasteiger partial charge in [0.15, 0.2) is 0 Å². The molecular formula is C13H21N3O. The SMILES string of the molecule is O=c1cccnn1CCNCC1CCCCC1. The van der Waals surface area contributed by atoms with Gasteiger partial charge in [0.25, 0.3) is 5.56 Å². The molecule has 1 saturated carbocycles. The second-order valence-electron chi connectivity index (χ2n) is 4.79. The molecule has 2 rings (SSSR count). The maximum absolute atomic E-state index is 11.4. The van der Waals surface area contributed by atoms with Crippen molar-refractivity contribution in [3.05, 3.63) is 28.7 Å². The second-order valence-corrected chi connectivity index (χ2v) is 4.79. The average Bonchev–Trinajstić information content (AvgIpc) is 2.38. The Hall–Kier alpha value is -1.16. The van der Waals surface area contributed by atoms with Crippen molar-refractivity contribution in [1.29, 1.82) is 0 Å². The second kappa shape index (κ2) is 6.55. The summed E-state index contributed by atoms with van der Waals surface area (Å²) in [5.41, 5.74) is -0.0213. The molecule has 0 spiro atoms. The van der Waals surface area contributed by atoms with Gasteiger partial charge in [0.2, 0.25) is 0 Å². The summed E-state index contributed by atoms with van der Waals surface area (Å²) in [7, 11) is 0. The first kappa shape index (κ1) is 12.3. The molecule has 0 unspecified atom stereocenters. The number of hydrogen-bond donors (Lipinski definition) is 1. The topological polar surface area (TPSA) is 46.9 Å². The smallest absolute Gasteiger partial charge is 0.266 e. The van der Waals surface area contributed by atoms with Gasteiger partial charge in [0.05, 0.1) is 6.54 Å². The zero-order valence-corrected chi connectivity index (χ0v) is 10.3. The molecule has 1 aliphatic carbocycles. The highest BCUT2D eigenvalue weighted by Gasteiger charge is 2.12. The summed E-state index contributed by atoms with van der Waals surface area (Å²) >= 11 is 0. The van der Waals surface area contributed by atoms with Crippen LogP contribution in [0, 0.1) is 5.92 Å². The Balaban J connectivity index is 1.66. The predicted molar refractivity (Wildman–Crippen MR) is 67.9 cm³/mol. The van der Waals surface area contributed by atoms with E-state index >= 15 is 0 Å². The van der Waals surface area contributed by atoms with Gasteiger partial charge < -0.3 is 5.32 Å². The van der Waals surface area contributed by atoms with Crippen LogP contribution in [-0.4, -0.2) is 22.9 Å². The Bertz CT molecular complexity index is 382. The third-order valence-electron chi connectivity index (χ3n) is 3.44. The van der Waals surface area contributed by atoms with Gasteiger partial charge in [0.1, 0.15) is 0 Å². The van der Waals surface area contributed by atoms with Crippen LogP contribution < -0.4 is 10.9 Å². The minimum Gasteiger partial charge on any atom is -0.315 e. The molecule has 94 valence electrons. The minimum absolute atomic E-state index is 0.0213. The van der Waals surface area contributed by atoms with Gasteiger partial charge in [-0.05, 0) is 31.4 Å². The molecule has 0 radical (unpaired) electrons. The quantitative estimate of drug-likeness (QED) is 0.785. The van der Waals surface area contributed by atoms with E-state index < -0.39 is 0 Å². The van der Waals surface area contributed by atoms with E-state index in [0.717, 1.165) is 19.0 Å². The lowest BCUT2D eigenvalue weighted by Gasteiger charge is -2.21. The maximum Gasteiger partial charge on any atom is 0.266 e. The molecule has 17 heavy (non-hydrogen) atoms.